The van der Waals surface area contributed by atoms with Crippen molar-refractivity contribution in [1.29, 1.82) is 0 Å². The maximum atomic E-state index is 11.2. The van der Waals surface area contributed by atoms with Crippen LogP contribution in [-0.4, -0.2) is 25.2 Å². The van der Waals surface area contributed by atoms with E-state index in [4.69, 9.17) is 0 Å². The molecule has 1 unspecified atom stereocenters. The standard InChI is InChI=1S/C8H12O3S/c1-7(9)4-5-8-3-2-6-12(8,10)11/h2-3,8H,4-6H2,1H3. The predicted molar refractivity (Wildman–Crippen MR) is 46.6 cm³/mol. The highest BCUT2D eigenvalue weighted by molar-refractivity contribution is 7.92. The molecule has 12 heavy (non-hydrogen) atoms. The molecule has 1 atom stereocenters. The minimum atomic E-state index is -2.95. The van der Waals surface area contributed by atoms with Gasteiger partial charge in [0.2, 0.25) is 0 Å². The van der Waals surface area contributed by atoms with Gasteiger partial charge >= 0.3 is 0 Å². The third-order valence-corrected chi connectivity index (χ3v) is 3.89. The van der Waals surface area contributed by atoms with Crippen molar-refractivity contribution < 1.29 is 13.2 Å². The van der Waals surface area contributed by atoms with E-state index >= 15 is 0 Å². The van der Waals surface area contributed by atoms with Gasteiger partial charge in [-0.3, -0.25) is 0 Å². The zero-order chi connectivity index (χ0) is 9.19. The number of carbonyl (C=O) groups is 1. The third kappa shape index (κ3) is 2.17. The molecule has 68 valence electrons. The summed E-state index contributed by atoms with van der Waals surface area (Å²) in [6, 6.07) is 0. The van der Waals surface area contributed by atoms with Crippen LogP contribution in [0.5, 0.6) is 0 Å². The Morgan fingerprint density at radius 1 is 1.58 bits per heavy atom. The Labute approximate surface area is 72.4 Å². The van der Waals surface area contributed by atoms with E-state index in [2.05, 4.69) is 0 Å². The Bertz CT molecular complexity index is 300. The maximum Gasteiger partial charge on any atom is 0.160 e. The fourth-order valence-corrected chi connectivity index (χ4v) is 2.66. The van der Waals surface area contributed by atoms with E-state index < -0.39 is 15.1 Å². The first-order chi connectivity index (χ1) is 5.52. The molecule has 0 amide bonds. The van der Waals surface area contributed by atoms with E-state index in [1.54, 1.807) is 12.2 Å². The molecule has 0 saturated heterocycles. The molecule has 0 aromatic heterocycles. The Morgan fingerprint density at radius 2 is 2.25 bits per heavy atom. The molecule has 0 aliphatic carbocycles. The van der Waals surface area contributed by atoms with E-state index in [0.29, 0.717) is 12.8 Å². The van der Waals surface area contributed by atoms with Crippen LogP contribution in [0.2, 0.25) is 0 Å². The normalized spacial score (nSPS) is 25.9. The van der Waals surface area contributed by atoms with Gasteiger partial charge < -0.3 is 4.79 Å². The number of sulfone groups is 1. The minimum Gasteiger partial charge on any atom is -0.300 e. The van der Waals surface area contributed by atoms with Gasteiger partial charge in [0.05, 0.1) is 11.0 Å². The first-order valence-electron chi connectivity index (χ1n) is 3.90. The summed E-state index contributed by atoms with van der Waals surface area (Å²) in [7, 11) is -2.95. The third-order valence-electron chi connectivity index (χ3n) is 1.92. The fourth-order valence-electron chi connectivity index (χ4n) is 1.21. The van der Waals surface area contributed by atoms with Crippen LogP contribution >= 0.6 is 0 Å². The summed E-state index contributed by atoms with van der Waals surface area (Å²) in [4.78, 5) is 10.6. The van der Waals surface area contributed by atoms with Crippen LogP contribution in [0.15, 0.2) is 12.2 Å². The molecule has 0 aromatic carbocycles. The van der Waals surface area contributed by atoms with Crippen LogP contribution in [-0.2, 0) is 14.6 Å². The predicted octanol–water partition coefficient (Wildman–Crippen LogP) is 0.709. The number of carbonyl (C=O) groups excluding carboxylic acids is 1. The zero-order valence-electron chi connectivity index (χ0n) is 6.99. The number of hydrogen-bond donors (Lipinski definition) is 0. The first kappa shape index (κ1) is 9.45. The fraction of sp³-hybridized carbons (Fsp3) is 0.625. The number of Topliss-reactive ketones (excluding diaryl/α,β-unsaturated/α-hetero) is 1. The Balaban J connectivity index is 2.53. The van der Waals surface area contributed by atoms with E-state index in [1.807, 2.05) is 0 Å². The average Bonchev–Trinajstić information content (AvgIpc) is 2.25. The molecule has 1 aliphatic rings. The topological polar surface area (TPSA) is 51.2 Å². The second-order valence-corrected chi connectivity index (χ2v) is 5.30. The monoisotopic (exact) mass is 188 g/mol. The number of rotatable bonds is 3. The summed E-state index contributed by atoms with van der Waals surface area (Å²) in [5, 5.41) is -0.415. The molecule has 0 radical (unpaired) electrons. The van der Waals surface area contributed by atoms with Crippen LogP contribution in [0.1, 0.15) is 19.8 Å². The number of hydrogen-bond acceptors (Lipinski definition) is 3. The molecule has 0 N–H and O–H groups in total. The summed E-state index contributed by atoms with van der Waals surface area (Å²) >= 11 is 0. The quantitative estimate of drug-likeness (QED) is 0.613. The van der Waals surface area contributed by atoms with Gasteiger partial charge in [0.1, 0.15) is 5.78 Å². The van der Waals surface area contributed by atoms with Crippen molar-refractivity contribution in [1.82, 2.24) is 0 Å². The van der Waals surface area contributed by atoms with Crippen molar-refractivity contribution in [2.45, 2.75) is 25.0 Å². The SMILES string of the molecule is CC(=O)CCC1C=CCS1(=O)=O. The first-order valence-corrected chi connectivity index (χ1v) is 5.61. The lowest BCUT2D eigenvalue weighted by Crippen LogP contribution is -2.17. The number of ketones is 1. The molecule has 0 fully saturated rings. The van der Waals surface area contributed by atoms with Gasteiger partial charge in [0, 0.05) is 6.42 Å². The lowest BCUT2D eigenvalue weighted by atomic mass is 10.2. The molecule has 1 heterocycles. The second-order valence-electron chi connectivity index (χ2n) is 3.04. The van der Waals surface area contributed by atoms with Gasteiger partial charge in [-0.1, -0.05) is 12.2 Å². The van der Waals surface area contributed by atoms with Gasteiger partial charge in [-0.15, -0.1) is 0 Å². The highest BCUT2D eigenvalue weighted by Gasteiger charge is 2.25. The highest BCUT2D eigenvalue weighted by Crippen LogP contribution is 2.17. The zero-order valence-corrected chi connectivity index (χ0v) is 7.80. The van der Waals surface area contributed by atoms with Crippen LogP contribution in [0, 0.1) is 0 Å². The van der Waals surface area contributed by atoms with Crippen LogP contribution < -0.4 is 0 Å². The van der Waals surface area contributed by atoms with Gasteiger partial charge in [0.25, 0.3) is 0 Å². The highest BCUT2D eigenvalue weighted by atomic mass is 32.2. The summed E-state index contributed by atoms with van der Waals surface area (Å²) in [5.74, 6) is 0.181. The van der Waals surface area contributed by atoms with Crippen LogP contribution in [0.4, 0.5) is 0 Å². The molecule has 3 nitrogen and oxygen atoms in total. The molecular weight excluding hydrogens is 176 g/mol. The van der Waals surface area contributed by atoms with Crippen molar-refractivity contribution in [2.75, 3.05) is 5.75 Å². The molecule has 1 aliphatic heterocycles. The van der Waals surface area contributed by atoms with Crippen molar-refractivity contribution >= 4 is 15.6 Å². The van der Waals surface area contributed by atoms with Gasteiger partial charge in [-0.2, -0.15) is 0 Å². The van der Waals surface area contributed by atoms with E-state index in [-0.39, 0.29) is 11.5 Å². The van der Waals surface area contributed by atoms with Crippen molar-refractivity contribution in [3.63, 3.8) is 0 Å². The lowest BCUT2D eigenvalue weighted by Gasteiger charge is -2.05. The summed E-state index contributed by atoms with van der Waals surface area (Å²) in [6.45, 7) is 1.48. The smallest absolute Gasteiger partial charge is 0.160 e. The molecule has 0 bridgehead atoms. The Hall–Kier alpha value is -0.640. The summed E-state index contributed by atoms with van der Waals surface area (Å²) < 4.78 is 22.4. The second kappa shape index (κ2) is 3.39. The lowest BCUT2D eigenvalue weighted by molar-refractivity contribution is -0.117. The van der Waals surface area contributed by atoms with Crippen molar-refractivity contribution in [2.24, 2.45) is 0 Å². The van der Waals surface area contributed by atoms with Crippen molar-refractivity contribution in [3.8, 4) is 0 Å². The molecular formula is C8H12O3S. The molecule has 4 heteroatoms. The Morgan fingerprint density at radius 3 is 2.67 bits per heavy atom. The summed E-state index contributed by atoms with van der Waals surface area (Å²) in [5.41, 5.74) is 0. The van der Waals surface area contributed by atoms with E-state index in [1.165, 1.54) is 6.92 Å². The summed E-state index contributed by atoms with van der Waals surface area (Å²) in [6.07, 6.45) is 4.13. The molecule has 1 rings (SSSR count). The van der Waals surface area contributed by atoms with Gasteiger partial charge in [-0.05, 0) is 13.3 Å². The maximum absolute atomic E-state index is 11.2. The van der Waals surface area contributed by atoms with E-state index in [9.17, 15) is 13.2 Å². The van der Waals surface area contributed by atoms with Crippen molar-refractivity contribution in [3.05, 3.63) is 12.2 Å². The van der Waals surface area contributed by atoms with Crippen LogP contribution in [0.3, 0.4) is 0 Å². The minimum absolute atomic E-state index is 0.0468. The van der Waals surface area contributed by atoms with Gasteiger partial charge in [0.15, 0.2) is 9.84 Å². The molecule has 0 aromatic rings. The Kier molecular flexibility index (Phi) is 2.67. The molecule has 0 spiro atoms. The van der Waals surface area contributed by atoms with Gasteiger partial charge in [-0.25, -0.2) is 8.42 Å². The molecule has 0 saturated carbocycles. The average molecular weight is 188 g/mol. The largest absolute Gasteiger partial charge is 0.300 e. The van der Waals surface area contributed by atoms with Crippen LogP contribution in [0.25, 0.3) is 0 Å². The van der Waals surface area contributed by atoms with E-state index in [0.717, 1.165) is 0 Å².